The van der Waals surface area contributed by atoms with Crippen molar-refractivity contribution in [3.63, 3.8) is 0 Å². The van der Waals surface area contributed by atoms with Gasteiger partial charge >= 0.3 is 32.7 Å². The van der Waals surface area contributed by atoms with Crippen LogP contribution in [-0.4, -0.2) is 29.4 Å². The van der Waals surface area contributed by atoms with Crippen LogP contribution in [0.1, 0.15) is 0 Å². The van der Waals surface area contributed by atoms with Crippen LogP contribution in [0.15, 0.2) is 182 Å². The third kappa shape index (κ3) is 13.4. The molecule has 0 amide bonds. The number of nitrogens with zero attached hydrogens (tertiary/aromatic N) is 3. The first-order valence-corrected chi connectivity index (χ1v) is 23.4. The van der Waals surface area contributed by atoms with Crippen LogP contribution in [0.3, 0.4) is 0 Å². The van der Waals surface area contributed by atoms with E-state index in [1.807, 2.05) is 24.3 Å². The summed E-state index contributed by atoms with van der Waals surface area (Å²) in [6, 6.07) is 54.5. The van der Waals surface area contributed by atoms with E-state index in [4.69, 9.17) is 4.65 Å². The maximum Gasteiger partial charge on any atom is 3.00 e. The van der Waals surface area contributed by atoms with Crippen LogP contribution in [0.25, 0.3) is 4.65 Å². The van der Waals surface area contributed by atoms with E-state index in [2.05, 4.69) is 206 Å². The van der Waals surface area contributed by atoms with Gasteiger partial charge in [-0.15, -0.1) is 24.3 Å². The van der Waals surface area contributed by atoms with Crippen molar-refractivity contribution in [3.8, 4) is 0 Å². The molecule has 48 heavy (non-hydrogen) atoms. The molecule has 0 aliphatic carbocycles. The summed E-state index contributed by atoms with van der Waals surface area (Å²) in [6.45, 7) is 14.3. The van der Waals surface area contributed by atoms with Crippen LogP contribution in [0, 0.1) is 0 Å². The van der Waals surface area contributed by atoms with Gasteiger partial charge in [-0.05, 0) is 61.5 Å². The molecule has 3 nitrogen and oxygen atoms in total. The zero-order valence-corrected chi connectivity index (χ0v) is 34.2. The second-order valence-corrected chi connectivity index (χ2v) is 23.0. The Morgan fingerprint density at radius 1 is 0.354 bits per heavy atom. The van der Waals surface area contributed by atoms with Crippen LogP contribution in [0.5, 0.6) is 0 Å². The second kappa shape index (κ2) is 19.7. The second-order valence-electron chi connectivity index (χ2n) is 13.4. The van der Waals surface area contributed by atoms with Gasteiger partial charge < -0.3 is 14.3 Å². The topological polar surface area (TPSA) is 20.6 Å². The van der Waals surface area contributed by atoms with Gasteiger partial charge in [-0.2, -0.15) is 0 Å². The Morgan fingerprint density at radius 3 is 0.750 bits per heavy atom. The third-order valence-electron chi connectivity index (χ3n) is 7.08. The normalized spacial score (nSPS) is 10.6. The van der Waals surface area contributed by atoms with E-state index in [-0.39, 0.29) is 45.7 Å². The van der Waals surface area contributed by atoms with Crippen LogP contribution >= 0.6 is 0 Å². The zero-order valence-electron chi connectivity index (χ0n) is 29.4. The van der Waals surface area contributed by atoms with Crippen molar-refractivity contribution < 1.29 is 32.7 Å². The zero-order chi connectivity index (χ0) is 33.5. The molecule has 2 aromatic heterocycles. The minimum absolute atomic E-state index is 0. The van der Waals surface area contributed by atoms with Crippen LogP contribution in [-0.2, 0) is 32.7 Å². The smallest absolute Gasteiger partial charge is 0.668 e. The molecule has 2 heterocycles. The molecule has 0 fully saturated rings. The first-order chi connectivity index (χ1) is 22.6. The Bertz CT molecular complexity index is 1390. The SMILES string of the molecule is C[Si](C)(C)[N-][Si](C)(C)C.[Y+3].c1cc[b-](N(c2ccccc2)c2ccccc2)cc1.c1cc[b-](N(c2ccccc2)c2ccccc2)cc1. The summed E-state index contributed by atoms with van der Waals surface area (Å²) in [7, 11) is -2.21. The maximum atomic E-state index is 4.82. The minimum atomic E-state index is -1.11. The Balaban J connectivity index is 0.000000207. The van der Waals surface area contributed by atoms with E-state index in [1.54, 1.807) is 0 Å². The Labute approximate surface area is 317 Å². The average Bonchev–Trinajstić information content (AvgIpc) is 3.07. The molecular weight excluding hydrogens is 689 g/mol. The van der Waals surface area contributed by atoms with Crippen LogP contribution < -0.4 is 9.62 Å². The molecule has 0 aliphatic heterocycles. The molecule has 0 spiro atoms. The molecule has 0 saturated carbocycles. The summed E-state index contributed by atoms with van der Waals surface area (Å²) in [5.41, 5.74) is 4.81. The predicted molar refractivity (Wildman–Crippen MR) is 216 cm³/mol. The molecule has 6 aromatic rings. The fraction of sp³-hybridized carbons (Fsp3) is 0.150. The van der Waals surface area contributed by atoms with Crippen molar-refractivity contribution in [2.75, 3.05) is 9.62 Å². The van der Waals surface area contributed by atoms with Gasteiger partial charge in [0.05, 0.1) is 0 Å². The standard InChI is InChI=1S/2C17H15BN.C6H18NSi2.Y/c2*1-4-10-16(11-5-1)19(17-12-6-2-7-13-17)18-14-8-3-9-15-18;1-8(2,3)7-9(4,5)6;/h2*1-15H;1-6H3;/q3*-1;+3. The van der Waals surface area contributed by atoms with Gasteiger partial charge in [0, 0.05) is 22.7 Å². The molecule has 0 radical (unpaired) electrons. The fourth-order valence-electron chi connectivity index (χ4n) is 5.66. The number of benzene rings is 4. The summed E-state index contributed by atoms with van der Waals surface area (Å²) in [4.78, 5) is 4.67. The molecule has 240 valence electrons. The van der Waals surface area contributed by atoms with Crippen molar-refractivity contribution in [1.82, 2.24) is 0 Å². The predicted octanol–water partition coefficient (Wildman–Crippen LogP) is 11.7. The first-order valence-electron chi connectivity index (χ1n) is 16.5. The summed E-state index contributed by atoms with van der Waals surface area (Å²) in [5.74, 6) is 8.83. The molecule has 0 saturated heterocycles. The Morgan fingerprint density at radius 2 is 0.562 bits per heavy atom. The van der Waals surface area contributed by atoms with Crippen molar-refractivity contribution in [2.45, 2.75) is 39.3 Å². The van der Waals surface area contributed by atoms with Crippen LogP contribution in [0.2, 0.25) is 39.3 Å². The molecule has 0 bridgehead atoms. The van der Waals surface area contributed by atoms with Gasteiger partial charge in [-0.3, -0.25) is 0 Å². The molecule has 0 atom stereocenters. The molecule has 4 aromatic carbocycles. The number of anilines is 4. The van der Waals surface area contributed by atoms with Crippen molar-refractivity contribution in [2.24, 2.45) is 0 Å². The van der Waals surface area contributed by atoms with Gasteiger partial charge in [0.2, 0.25) is 0 Å². The number of rotatable bonds is 8. The molecule has 0 aliphatic rings. The monoisotopic (exact) mass is 737 g/mol. The van der Waals surface area contributed by atoms with Gasteiger partial charge in [0.15, 0.2) is 0 Å². The van der Waals surface area contributed by atoms with Gasteiger partial charge in [0.1, 0.15) is 0 Å². The van der Waals surface area contributed by atoms with Crippen molar-refractivity contribution in [1.29, 1.82) is 0 Å². The molecule has 0 N–H and O–H groups in total. The summed E-state index contributed by atoms with van der Waals surface area (Å²) < 4.78 is 4.82. The fourth-order valence-corrected chi connectivity index (χ4v) is 13.7. The number of hydrogen-bond donors (Lipinski definition) is 0. The van der Waals surface area contributed by atoms with E-state index in [9.17, 15) is 0 Å². The largest absolute Gasteiger partial charge is 3.00 e. The maximum absolute atomic E-state index is 4.82. The Hall–Kier alpha value is -3.19. The summed E-state index contributed by atoms with van der Waals surface area (Å²) in [6.07, 6.45) is 0. The number of para-hydroxylation sites is 4. The molecule has 6 rings (SSSR count). The van der Waals surface area contributed by atoms with Gasteiger partial charge in [-0.25, -0.2) is 23.8 Å². The van der Waals surface area contributed by atoms with Crippen molar-refractivity contribution in [3.05, 3.63) is 186 Å². The summed E-state index contributed by atoms with van der Waals surface area (Å²) in [5, 5.41) is 0. The molecule has 8 heteroatoms. The van der Waals surface area contributed by atoms with E-state index in [0.29, 0.717) is 0 Å². The molecule has 0 unspecified atom stereocenters. The number of hydrogen-bond acceptors (Lipinski definition) is 2. The van der Waals surface area contributed by atoms with E-state index in [1.165, 1.54) is 22.7 Å². The van der Waals surface area contributed by atoms with E-state index in [0.717, 1.165) is 0 Å². The van der Waals surface area contributed by atoms with Crippen molar-refractivity contribution >= 4 is 52.2 Å². The first kappa shape index (κ1) is 39.2. The van der Waals surface area contributed by atoms with Gasteiger partial charge in [0.25, 0.3) is 0 Å². The minimum Gasteiger partial charge on any atom is -0.668 e. The quantitative estimate of drug-likeness (QED) is 0.145. The third-order valence-corrected chi connectivity index (χ3v) is 12.4. The van der Waals surface area contributed by atoms with E-state index < -0.39 is 16.5 Å². The average molecular weight is 738 g/mol. The Kier molecular flexibility index (Phi) is 16.1. The van der Waals surface area contributed by atoms with E-state index >= 15 is 0 Å². The molecular formula is C40H48B2N3Si2Y. The summed E-state index contributed by atoms with van der Waals surface area (Å²) >= 11 is 0. The van der Waals surface area contributed by atoms with Crippen LogP contribution in [0.4, 0.5) is 22.7 Å². The van der Waals surface area contributed by atoms with Gasteiger partial charge in [-0.1, -0.05) is 141 Å².